The molecule has 170 valence electrons. The van der Waals surface area contributed by atoms with Gasteiger partial charge in [-0.1, -0.05) is 11.6 Å². The van der Waals surface area contributed by atoms with E-state index in [2.05, 4.69) is 16.8 Å². The molecule has 1 aliphatic rings. The number of halogens is 1. The van der Waals surface area contributed by atoms with Gasteiger partial charge in [0.1, 0.15) is 18.0 Å². The first-order valence-corrected chi connectivity index (χ1v) is 11.0. The normalized spacial score (nSPS) is 17.8. The highest BCUT2D eigenvalue weighted by Gasteiger charge is 2.31. The molecule has 1 saturated heterocycles. The van der Waals surface area contributed by atoms with Crippen LogP contribution in [0.15, 0.2) is 22.7 Å². The van der Waals surface area contributed by atoms with Crippen molar-refractivity contribution in [2.45, 2.75) is 65.8 Å². The molecular weight excluding hydrogens is 418 g/mol. The number of rotatable bonds is 5. The molecule has 1 aromatic heterocycles. The second kappa shape index (κ2) is 9.59. The Morgan fingerprint density at radius 3 is 2.65 bits per heavy atom. The van der Waals surface area contributed by atoms with Crippen molar-refractivity contribution in [3.05, 3.63) is 51.7 Å². The Bertz CT molecular complexity index is 922. The topological polar surface area (TPSA) is 79.0 Å². The number of benzene rings is 1. The fourth-order valence-electron chi connectivity index (χ4n) is 3.82. The van der Waals surface area contributed by atoms with Crippen LogP contribution in [-0.2, 0) is 24.3 Å². The summed E-state index contributed by atoms with van der Waals surface area (Å²) < 4.78 is 11.1. The number of aromatic nitrogens is 1. The third kappa shape index (κ3) is 6.21. The summed E-state index contributed by atoms with van der Waals surface area (Å²) in [6.45, 7) is 12.5. The van der Waals surface area contributed by atoms with E-state index in [-0.39, 0.29) is 18.7 Å². The lowest BCUT2D eigenvalue weighted by Crippen LogP contribution is -2.54. The number of hydrogen-bond donors (Lipinski definition) is 1. The van der Waals surface area contributed by atoms with Gasteiger partial charge in [0.05, 0.1) is 6.20 Å². The fourth-order valence-corrected chi connectivity index (χ4v) is 4.08. The van der Waals surface area contributed by atoms with Crippen LogP contribution in [0.2, 0.25) is 5.02 Å². The monoisotopic (exact) mass is 449 g/mol. The molecule has 7 nitrogen and oxygen atoms in total. The van der Waals surface area contributed by atoms with Crippen LogP contribution >= 0.6 is 11.6 Å². The molecule has 0 radical (unpaired) electrons. The molecule has 1 fully saturated rings. The average Bonchev–Trinajstić information content (AvgIpc) is 3.11. The van der Waals surface area contributed by atoms with Crippen molar-refractivity contribution < 1.29 is 19.1 Å². The van der Waals surface area contributed by atoms with Gasteiger partial charge >= 0.3 is 6.09 Å². The standard InChI is InChI=1S/C23H32ClN3O4/c1-15-12-26(6-7-27(15)22(29)31-23(3,4)5)13-18-9-19(24)8-17(16(18)2)10-21-25-11-20(14-28)30-21/h8-9,11,15,28H,6-7,10,12-14H2,1-5H3/t15-/m0/s1. The molecule has 2 aromatic rings. The number of carbonyl (C=O) groups is 1. The van der Waals surface area contributed by atoms with E-state index in [0.29, 0.717) is 29.6 Å². The number of carbonyl (C=O) groups excluding carboxylic acids is 1. The summed E-state index contributed by atoms with van der Waals surface area (Å²) in [5, 5.41) is 9.85. The number of amides is 1. The minimum absolute atomic E-state index is 0.0618. The van der Waals surface area contributed by atoms with Crippen LogP contribution in [0, 0.1) is 6.92 Å². The third-order valence-corrected chi connectivity index (χ3v) is 5.64. The van der Waals surface area contributed by atoms with Gasteiger partial charge in [-0.3, -0.25) is 4.90 Å². The van der Waals surface area contributed by atoms with E-state index in [1.807, 2.05) is 39.8 Å². The predicted octanol–water partition coefficient (Wildman–Crippen LogP) is 4.16. The van der Waals surface area contributed by atoms with E-state index in [1.165, 1.54) is 0 Å². The number of hydrogen-bond acceptors (Lipinski definition) is 6. The van der Waals surface area contributed by atoms with E-state index in [1.54, 1.807) is 11.1 Å². The van der Waals surface area contributed by atoms with Gasteiger partial charge in [0, 0.05) is 43.7 Å². The minimum atomic E-state index is -0.497. The van der Waals surface area contributed by atoms with Crippen molar-refractivity contribution in [3.8, 4) is 0 Å². The first-order chi connectivity index (χ1) is 14.6. The fraction of sp³-hybridized carbons (Fsp3) is 0.565. The number of oxazole rings is 1. The molecule has 1 aliphatic heterocycles. The Morgan fingerprint density at radius 2 is 2.03 bits per heavy atom. The molecule has 0 spiro atoms. The number of ether oxygens (including phenoxy) is 1. The van der Waals surface area contributed by atoms with Gasteiger partial charge < -0.3 is 19.2 Å². The van der Waals surface area contributed by atoms with Gasteiger partial charge in [0.15, 0.2) is 5.89 Å². The Balaban J connectivity index is 1.67. The van der Waals surface area contributed by atoms with Gasteiger partial charge in [0.25, 0.3) is 0 Å². The van der Waals surface area contributed by atoms with Crippen LogP contribution in [0.1, 0.15) is 56.0 Å². The first-order valence-electron chi connectivity index (χ1n) is 10.6. The highest BCUT2D eigenvalue weighted by Crippen LogP contribution is 2.25. The number of aliphatic hydroxyl groups excluding tert-OH is 1. The zero-order valence-electron chi connectivity index (χ0n) is 18.9. The van der Waals surface area contributed by atoms with Gasteiger partial charge in [-0.05, 0) is 63.4 Å². The number of aliphatic hydroxyl groups is 1. The van der Waals surface area contributed by atoms with Crippen molar-refractivity contribution in [2.24, 2.45) is 0 Å². The lowest BCUT2D eigenvalue weighted by Gasteiger charge is -2.40. The van der Waals surface area contributed by atoms with Crippen molar-refractivity contribution in [3.63, 3.8) is 0 Å². The molecule has 0 bridgehead atoms. The average molecular weight is 450 g/mol. The van der Waals surface area contributed by atoms with E-state index in [4.69, 9.17) is 20.8 Å². The number of nitrogens with zero attached hydrogens (tertiary/aromatic N) is 3. The van der Waals surface area contributed by atoms with Crippen LogP contribution < -0.4 is 0 Å². The molecule has 1 atom stereocenters. The summed E-state index contributed by atoms with van der Waals surface area (Å²) in [4.78, 5) is 20.8. The van der Waals surface area contributed by atoms with Gasteiger partial charge in [0.2, 0.25) is 0 Å². The molecule has 0 saturated carbocycles. The maximum absolute atomic E-state index is 12.5. The zero-order chi connectivity index (χ0) is 22.8. The SMILES string of the molecule is Cc1c(Cc2ncc(CO)o2)cc(Cl)cc1CN1CCN(C(=O)OC(C)(C)C)[C@@H](C)C1. The Morgan fingerprint density at radius 1 is 1.32 bits per heavy atom. The third-order valence-electron chi connectivity index (χ3n) is 5.42. The summed E-state index contributed by atoms with van der Waals surface area (Å²) in [6.07, 6.45) is 1.80. The molecular formula is C23H32ClN3O4. The molecule has 1 N–H and O–H groups in total. The van der Waals surface area contributed by atoms with Crippen LogP contribution in [0.5, 0.6) is 0 Å². The molecule has 0 aliphatic carbocycles. The van der Waals surface area contributed by atoms with E-state index >= 15 is 0 Å². The summed E-state index contributed by atoms with van der Waals surface area (Å²) in [5.41, 5.74) is 2.85. The second-order valence-electron chi connectivity index (χ2n) is 9.16. The molecule has 1 aromatic carbocycles. The molecule has 1 amide bonds. The molecule has 2 heterocycles. The van der Waals surface area contributed by atoms with Crippen molar-refractivity contribution in [2.75, 3.05) is 19.6 Å². The van der Waals surface area contributed by atoms with Gasteiger partial charge in [-0.15, -0.1) is 0 Å². The first kappa shape index (κ1) is 23.6. The lowest BCUT2D eigenvalue weighted by atomic mass is 9.99. The van der Waals surface area contributed by atoms with Gasteiger partial charge in [-0.2, -0.15) is 0 Å². The maximum atomic E-state index is 12.5. The van der Waals surface area contributed by atoms with E-state index in [0.717, 1.165) is 36.3 Å². The minimum Gasteiger partial charge on any atom is -0.444 e. The smallest absolute Gasteiger partial charge is 0.410 e. The summed E-state index contributed by atoms with van der Waals surface area (Å²) in [7, 11) is 0. The predicted molar refractivity (Wildman–Crippen MR) is 119 cm³/mol. The number of piperazine rings is 1. The van der Waals surface area contributed by atoms with E-state index < -0.39 is 5.60 Å². The maximum Gasteiger partial charge on any atom is 0.410 e. The van der Waals surface area contributed by atoms with Crippen LogP contribution in [0.25, 0.3) is 0 Å². The Labute approximate surface area is 188 Å². The molecule has 0 unspecified atom stereocenters. The second-order valence-corrected chi connectivity index (χ2v) is 9.60. The highest BCUT2D eigenvalue weighted by molar-refractivity contribution is 6.30. The van der Waals surface area contributed by atoms with Crippen LogP contribution in [-0.4, -0.2) is 57.3 Å². The van der Waals surface area contributed by atoms with Crippen molar-refractivity contribution in [1.82, 2.24) is 14.8 Å². The molecule has 3 rings (SSSR count). The van der Waals surface area contributed by atoms with Crippen molar-refractivity contribution >= 4 is 17.7 Å². The largest absolute Gasteiger partial charge is 0.444 e. The Kier molecular flexibility index (Phi) is 7.29. The summed E-state index contributed by atoms with van der Waals surface area (Å²) in [6, 6.07) is 4.00. The van der Waals surface area contributed by atoms with E-state index in [9.17, 15) is 9.90 Å². The quantitative estimate of drug-likeness (QED) is 0.738. The molecule has 31 heavy (non-hydrogen) atoms. The summed E-state index contributed by atoms with van der Waals surface area (Å²) >= 11 is 6.41. The van der Waals surface area contributed by atoms with Crippen molar-refractivity contribution in [1.29, 1.82) is 0 Å². The summed E-state index contributed by atoms with van der Waals surface area (Å²) in [5.74, 6) is 1.01. The Hall–Kier alpha value is -2.09. The zero-order valence-corrected chi connectivity index (χ0v) is 19.7. The lowest BCUT2D eigenvalue weighted by molar-refractivity contribution is 0.000536. The van der Waals surface area contributed by atoms with Crippen LogP contribution in [0.4, 0.5) is 4.79 Å². The highest BCUT2D eigenvalue weighted by atomic mass is 35.5. The molecule has 8 heteroatoms. The van der Waals surface area contributed by atoms with Gasteiger partial charge in [-0.25, -0.2) is 9.78 Å². The van der Waals surface area contributed by atoms with Crippen LogP contribution in [0.3, 0.4) is 0 Å².